The Balaban J connectivity index is 1.42. The van der Waals surface area contributed by atoms with E-state index in [9.17, 15) is 4.79 Å². The Morgan fingerprint density at radius 2 is 1.62 bits per heavy atom. The third kappa shape index (κ3) is 3.67. The fourth-order valence-electron chi connectivity index (χ4n) is 4.92. The van der Waals surface area contributed by atoms with Crippen LogP contribution in [0.4, 0.5) is 0 Å². The first-order chi connectivity index (χ1) is 10.3. The number of rotatable bonds is 7. The van der Waals surface area contributed by atoms with E-state index in [1.807, 2.05) is 0 Å². The van der Waals surface area contributed by atoms with Gasteiger partial charge in [-0.15, -0.1) is 0 Å². The van der Waals surface area contributed by atoms with Crippen LogP contribution in [0.5, 0.6) is 0 Å². The summed E-state index contributed by atoms with van der Waals surface area (Å²) in [6, 6.07) is 0. The van der Waals surface area contributed by atoms with Crippen LogP contribution in [0.1, 0.15) is 77.6 Å². The lowest BCUT2D eigenvalue weighted by molar-refractivity contribution is -0.121. The monoisotopic (exact) mass is 290 g/mol. The molecule has 4 aliphatic carbocycles. The van der Waals surface area contributed by atoms with E-state index in [2.05, 4.69) is 17.5 Å². The Kier molecular flexibility index (Phi) is 4.97. The molecular formula is C18H30N2O. The zero-order valence-corrected chi connectivity index (χ0v) is 13.4. The van der Waals surface area contributed by atoms with Crippen LogP contribution < -0.4 is 5.43 Å². The minimum Gasteiger partial charge on any atom is -0.273 e. The minimum atomic E-state index is 0.118. The van der Waals surface area contributed by atoms with Crippen molar-refractivity contribution in [3.63, 3.8) is 0 Å². The quantitative estimate of drug-likeness (QED) is 0.552. The number of nitrogens with one attached hydrogen (secondary N) is 1. The van der Waals surface area contributed by atoms with Gasteiger partial charge >= 0.3 is 0 Å². The van der Waals surface area contributed by atoms with Crippen molar-refractivity contribution >= 4 is 11.6 Å². The van der Waals surface area contributed by atoms with Gasteiger partial charge in [0.05, 0.1) is 0 Å². The first-order valence-electron chi connectivity index (χ1n) is 9.12. The van der Waals surface area contributed by atoms with Gasteiger partial charge in [0.2, 0.25) is 5.91 Å². The first kappa shape index (κ1) is 15.1. The van der Waals surface area contributed by atoms with Gasteiger partial charge < -0.3 is 0 Å². The number of nitrogens with zero attached hydrogens (tertiary/aromatic N) is 1. The van der Waals surface area contributed by atoms with Crippen LogP contribution in [0.25, 0.3) is 0 Å². The minimum absolute atomic E-state index is 0.118. The van der Waals surface area contributed by atoms with Crippen molar-refractivity contribution in [1.82, 2.24) is 5.43 Å². The maximum absolute atomic E-state index is 11.9. The predicted molar refractivity (Wildman–Crippen MR) is 86.0 cm³/mol. The topological polar surface area (TPSA) is 41.5 Å². The Bertz CT molecular complexity index is 372. The van der Waals surface area contributed by atoms with E-state index in [0.717, 1.165) is 18.3 Å². The lowest BCUT2D eigenvalue weighted by Gasteiger charge is -2.50. The molecule has 4 saturated carbocycles. The summed E-state index contributed by atoms with van der Waals surface area (Å²) in [7, 11) is 0. The molecule has 4 rings (SSSR count). The van der Waals surface area contributed by atoms with E-state index >= 15 is 0 Å². The molecule has 0 radical (unpaired) electrons. The van der Waals surface area contributed by atoms with Crippen LogP contribution in [0.2, 0.25) is 0 Å². The molecule has 4 aliphatic rings. The Morgan fingerprint density at radius 1 is 1.00 bits per heavy atom. The normalized spacial score (nSPS) is 33.3. The lowest BCUT2D eigenvalue weighted by atomic mass is 9.55. The molecule has 0 heterocycles. The van der Waals surface area contributed by atoms with Crippen LogP contribution in [0.3, 0.4) is 0 Å². The number of hydrogen-bond donors (Lipinski definition) is 1. The summed E-state index contributed by atoms with van der Waals surface area (Å²) in [6.45, 7) is 2.22. The highest BCUT2D eigenvalue weighted by Crippen LogP contribution is 2.52. The molecular weight excluding hydrogens is 260 g/mol. The van der Waals surface area contributed by atoms with Gasteiger partial charge in [0.15, 0.2) is 0 Å². The first-order valence-corrected chi connectivity index (χ1v) is 9.12. The molecule has 0 spiro atoms. The molecule has 0 aromatic carbocycles. The maximum Gasteiger partial charge on any atom is 0.240 e. The predicted octanol–water partition coefficient (Wildman–Crippen LogP) is 4.28. The SMILES string of the molecule is CCCCCCCC(=O)NN=C1C2CC3CC(C2)CC1C3. The second kappa shape index (κ2) is 6.93. The summed E-state index contributed by atoms with van der Waals surface area (Å²) in [5.41, 5.74) is 4.19. The highest BCUT2D eigenvalue weighted by Gasteiger charge is 2.46. The highest BCUT2D eigenvalue weighted by atomic mass is 16.2. The van der Waals surface area contributed by atoms with Gasteiger partial charge in [-0.2, -0.15) is 5.10 Å². The summed E-state index contributed by atoms with van der Waals surface area (Å²) in [6.07, 6.45) is 13.4. The molecule has 0 aliphatic heterocycles. The van der Waals surface area contributed by atoms with E-state index < -0.39 is 0 Å². The van der Waals surface area contributed by atoms with E-state index in [1.165, 1.54) is 63.5 Å². The van der Waals surface area contributed by atoms with Gasteiger partial charge in [0, 0.05) is 12.1 Å². The van der Waals surface area contributed by atoms with Crippen LogP contribution in [0.15, 0.2) is 5.10 Å². The zero-order valence-electron chi connectivity index (χ0n) is 13.4. The third-order valence-electron chi connectivity index (χ3n) is 5.79. The number of amides is 1. The average molecular weight is 290 g/mol. The summed E-state index contributed by atoms with van der Waals surface area (Å²) in [5, 5.41) is 4.55. The highest BCUT2D eigenvalue weighted by molar-refractivity contribution is 5.91. The third-order valence-corrected chi connectivity index (χ3v) is 5.79. The van der Waals surface area contributed by atoms with Gasteiger partial charge in [0.25, 0.3) is 0 Å². The number of unbranched alkanes of at least 4 members (excludes halogenated alkanes) is 4. The summed E-state index contributed by atoms with van der Waals surface area (Å²) in [4.78, 5) is 11.9. The van der Waals surface area contributed by atoms with E-state index in [4.69, 9.17) is 0 Å². The van der Waals surface area contributed by atoms with Crippen molar-refractivity contribution in [3.05, 3.63) is 0 Å². The maximum atomic E-state index is 11.9. The van der Waals surface area contributed by atoms with Crippen molar-refractivity contribution < 1.29 is 4.79 Å². The number of carbonyl (C=O) groups is 1. The van der Waals surface area contributed by atoms with Gasteiger partial charge in [-0.05, 0) is 62.2 Å². The molecule has 0 unspecified atom stereocenters. The van der Waals surface area contributed by atoms with Crippen molar-refractivity contribution in [3.8, 4) is 0 Å². The molecule has 0 saturated heterocycles. The number of hydrogen-bond acceptors (Lipinski definition) is 2. The standard InChI is InChI=1S/C18H30N2O/c1-2-3-4-5-6-7-17(21)19-20-18-15-9-13-8-14(11-15)12-16(18)10-13/h13-16H,2-12H2,1H3,(H,19,21). The van der Waals surface area contributed by atoms with Crippen LogP contribution in [-0.4, -0.2) is 11.6 Å². The van der Waals surface area contributed by atoms with Crippen molar-refractivity contribution in [2.45, 2.75) is 77.6 Å². The molecule has 118 valence electrons. The lowest BCUT2D eigenvalue weighted by Crippen LogP contribution is -2.46. The van der Waals surface area contributed by atoms with E-state index in [0.29, 0.717) is 18.3 Å². The molecule has 3 heteroatoms. The Labute approximate surface area is 129 Å². The largest absolute Gasteiger partial charge is 0.273 e. The van der Waals surface area contributed by atoms with Crippen LogP contribution >= 0.6 is 0 Å². The second-order valence-corrected chi connectivity index (χ2v) is 7.54. The summed E-state index contributed by atoms with van der Waals surface area (Å²) >= 11 is 0. The molecule has 0 aromatic heterocycles. The summed E-state index contributed by atoms with van der Waals surface area (Å²) < 4.78 is 0. The smallest absolute Gasteiger partial charge is 0.240 e. The fraction of sp³-hybridized carbons (Fsp3) is 0.889. The number of hydrazone groups is 1. The second-order valence-electron chi connectivity index (χ2n) is 7.54. The van der Waals surface area contributed by atoms with Crippen LogP contribution in [-0.2, 0) is 4.79 Å². The molecule has 21 heavy (non-hydrogen) atoms. The molecule has 4 fully saturated rings. The Hall–Kier alpha value is -0.860. The van der Waals surface area contributed by atoms with Gasteiger partial charge in [-0.1, -0.05) is 32.6 Å². The molecule has 4 bridgehead atoms. The van der Waals surface area contributed by atoms with Gasteiger partial charge in [-0.3, -0.25) is 4.79 Å². The average Bonchev–Trinajstić information content (AvgIpc) is 2.45. The van der Waals surface area contributed by atoms with E-state index in [-0.39, 0.29) is 5.91 Å². The van der Waals surface area contributed by atoms with Gasteiger partial charge in [0.1, 0.15) is 0 Å². The number of carbonyl (C=O) groups excluding carboxylic acids is 1. The van der Waals surface area contributed by atoms with Crippen molar-refractivity contribution in [2.24, 2.45) is 28.8 Å². The zero-order chi connectivity index (χ0) is 14.7. The Morgan fingerprint density at radius 3 is 2.24 bits per heavy atom. The van der Waals surface area contributed by atoms with E-state index in [1.54, 1.807) is 0 Å². The molecule has 0 aromatic rings. The molecule has 0 atom stereocenters. The molecule has 1 amide bonds. The van der Waals surface area contributed by atoms with Crippen molar-refractivity contribution in [1.29, 1.82) is 0 Å². The van der Waals surface area contributed by atoms with Gasteiger partial charge in [-0.25, -0.2) is 5.43 Å². The summed E-state index contributed by atoms with van der Waals surface area (Å²) in [5.74, 6) is 3.41. The molecule has 1 N–H and O–H groups in total. The molecule has 3 nitrogen and oxygen atoms in total. The fourth-order valence-corrected chi connectivity index (χ4v) is 4.92. The van der Waals surface area contributed by atoms with Crippen LogP contribution in [0, 0.1) is 23.7 Å². The van der Waals surface area contributed by atoms with Crippen molar-refractivity contribution in [2.75, 3.05) is 0 Å².